The first kappa shape index (κ1) is 37.7. The summed E-state index contributed by atoms with van der Waals surface area (Å²) in [6.07, 6.45) is 4.25. The zero-order chi connectivity index (χ0) is 36.4. The smallest absolute Gasteiger partial charge is 0.410 e. The number of ether oxygens (including phenoxy) is 2. The summed E-state index contributed by atoms with van der Waals surface area (Å²) in [4.78, 5) is 29.0. The Bertz CT molecular complexity index is 1710. The van der Waals surface area contributed by atoms with Gasteiger partial charge >= 0.3 is 6.09 Å². The van der Waals surface area contributed by atoms with Crippen LogP contribution in [0.3, 0.4) is 0 Å². The van der Waals surface area contributed by atoms with E-state index in [9.17, 15) is 9.36 Å². The standard InChI is InChI=1S/C37H53ClN7O4P/c1-10-26-19-30(41-35-39-21-28(38)34(42-35)40-29-13-11-12-14-33(29)50(8,9)47)32(48-7)20-31(26)43-17-15-27(16-18-43)44-22-24(2)45(25(3)23-44)36(46)49-37(4,5)6/h11-14,19-21,24-25,27H,10,15-18,22-23H2,1-9H3,(H2,39,40,41,42)/t24-,25+. The molecule has 0 saturated carbocycles. The van der Waals surface area contributed by atoms with Gasteiger partial charge in [0, 0.05) is 61.4 Å². The Morgan fingerprint density at radius 3 is 2.30 bits per heavy atom. The Morgan fingerprint density at radius 1 is 1.04 bits per heavy atom. The summed E-state index contributed by atoms with van der Waals surface area (Å²) >= 11 is 6.50. The molecule has 2 saturated heterocycles. The van der Waals surface area contributed by atoms with E-state index in [2.05, 4.69) is 63.3 Å². The van der Waals surface area contributed by atoms with E-state index in [1.165, 1.54) is 11.3 Å². The van der Waals surface area contributed by atoms with Gasteiger partial charge in [0.1, 0.15) is 23.5 Å². The maximum absolute atomic E-state index is 12.9. The number of aromatic nitrogens is 2. The van der Waals surface area contributed by atoms with Crippen molar-refractivity contribution in [3.05, 3.63) is 53.2 Å². The van der Waals surface area contributed by atoms with Gasteiger partial charge in [0.2, 0.25) is 5.95 Å². The van der Waals surface area contributed by atoms with Crippen LogP contribution in [-0.2, 0) is 15.7 Å². The third kappa shape index (κ3) is 8.85. The number of halogens is 1. The maximum Gasteiger partial charge on any atom is 0.410 e. The molecule has 0 aliphatic carbocycles. The summed E-state index contributed by atoms with van der Waals surface area (Å²) in [5, 5.41) is 7.68. The Morgan fingerprint density at radius 2 is 1.70 bits per heavy atom. The summed E-state index contributed by atoms with van der Waals surface area (Å²) < 4.78 is 24.5. The normalized spacial score (nSPS) is 19.3. The highest BCUT2D eigenvalue weighted by Crippen LogP contribution is 2.40. The Kier molecular flexibility index (Phi) is 11.6. The molecule has 11 nitrogen and oxygen atoms in total. The number of piperidine rings is 1. The lowest BCUT2D eigenvalue weighted by atomic mass is 9.97. The molecule has 2 N–H and O–H groups in total. The van der Waals surface area contributed by atoms with E-state index >= 15 is 0 Å². The van der Waals surface area contributed by atoms with Gasteiger partial charge in [-0.05, 0) is 91.0 Å². The minimum atomic E-state index is -2.54. The molecule has 2 aromatic carbocycles. The Labute approximate surface area is 302 Å². The van der Waals surface area contributed by atoms with Gasteiger partial charge in [-0.1, -0.05) is 30.7 Å². The highest BCUT2D eigenvalue weighted by molar-refractivity contribution is 7.70. The lowest BCUT2D eigenvalue weighted by molar-refractivity contribution is -0.0244. The molecule has 1 amide bonds. The first-order valence-corrected chi connectivity index (χ1v) is 20.5. The van der Waals surface area contributed by atoms with Crippen molar-refractivity contribution in [3.8, 4) is 5.75 Å². The molecule has 13 heteroatoms. The first-order chi connectivity index (χ1) is 23.6. The van der Waals surface area contributed by atoms with Crippen LogP contribution in [0.4, 0.5) is 33.6 Å². The molecule has 2 fully saturated rings. The second-order valence-electron chi connectivity index (χ2n) is 14.8. The summed E-state index contributed by atoms with van der Waals surface area (Å²) in [6, 6.07) is 12.3. The summed E-state index contributed by atoms with van der Waals surface area (Å²) in [5.41, 5.74) is 3.31. The van der Waals surface area contributed by atoms with Crippen LogP contribution in [0.5, 0.6) is 5.75 Å². The topological polar surface area (TPSA) is 112 Å². The zero-order valence-corrected chi connectivity index (χ0v) is 32.6. The van der Waals surface area contributed by atoms with Gasteiger partial charge in [0.15, 0.2) is 5.82 Å². The van der Waals surface area contributed by atoms with Crippen LogP contribution in [0.25, 0.3) is 0 Å². The average Bonchev–Trinajstić information content (AvgIpc) is 3.04. The van der Waals surface area contributed by atoms with Crippen LogP contribution in [0.1, 0.15) is 59.9 Å². The largest absolute Gasteiger partial charge is 0.494 e. The number of hydrogen-bond acceptors (Lipinski definition) is 10. The van der Waals surface area contributed by atoms with Crippen molar-refractivity contribution in [1.29, 1.82) is 0 Å². The first-order valence-electron chi connectivity index (χ1n) is 17.5. The molecule has 2 aliphatic heterocycles. The second-order valence-corrected chi connectivity index (χ2v) is 18.4. The van der Waals surface area contributed by atoms with Crippen molar-refractivity contribution >= 4 is 59.0 Å². The molecule has 0 bridgehead atoms. The van der Waals surface area contributed by atoms with Gasteiger partial charge in [-0.15, -0.1) is 0 Å². The van der Waals surface area contributed by atoms with E-state index in [-0.39, 0.29) is 18.2 Å². The number of carbonyl (C=O) groups excluding carboxylic acids is 1. The number of hydrogen-bond donors (Lipinski definition) is 2. The van der Waals surface area contributed by atoms with Gasteiger partial charge in [-0.25, -0.2) is 9.78 Å². The number of amides is 1. The van der Waals surface area contributed by atoms with Gasteiger partial charge in [-0.2, -0.15) is 4.98 Å². The van der Waals surface area contributed by atoms with Crippen molar-refractivity contribution in [3.63, 3.8) is 0 Å². The fourth-order valence-electron chi connectivity index (χ4n) is 7.08. The predicted molar refractivity (Wildman–Crippen MR) is 205 cm³/mol. The quantitative estimate of drug-likeness (QED) is 0.213. The van der Waals surface area contributed by atoms with Crippen molar-refractivity contribution in [1.82, 2.24) is 19.8 Å². The molecular weight excluding hydrogens is 673 g/mol. The van der Waals surface area contributed by atoms with Crippen LogP contribution in [0, 0.1) is 0 Å². The minimum absolute atomic E-state index is 0.0845. The van der Waals surface area contributed by atoms with Gasteiger partial charge in [-0.3, -0.25) is 4.90 Å². The molecule has 0 radical (unpaired) electrons. The lowest BCUT2D eigenvalue weighted by Crippen LogP contribution is -2.62. The number of benzene rings is 2. The van der Waals surface area contributed by atoms with Crippen LogP contribution in [0.15, 0.2) is 42.6 Å². The third-order valence-corrected chi connectivity index (χ3v) is 11.2. The summed E-state index contributed by atoms with van der Waals surface area (Å²) in [5.74, 6) is 1.46. The molecule has 2 aliphatic rings. The molecule has 3 aromatic rings. The van der Waals surface area contributed by atoms with Gasteiger partial charge in [0.05, 0.1) is 24.7 Å². The van der Waals surface area contributed by atoms with Crippen molar-refractivity contribution < 1.29 is 18.8 Å². The predicted octanol–water partition coefficient (Wildman–Crippen LogP) is 7.73. The van der Waals surface area contributed by atoms with E-state index in [1.54, 1.807) is 26.6 Å². The molecule has 1 aromatic heterocycles. The SMILES string of the molecule is CCc1cc(Nc2ncc(Cl)c(Nc3ccccc3P(C)(C)=O)n2)c(OC)cc1N1CCC(N2C[C@@H](C)N(C(=O)OC(C)(C)C)[C@@H](C)C2)CC1. The highest BCUT2D eigenvalue weighted by atomic mass is 35.5. The fraction of sp³-hybridized carbons (Fsp3) is 0.541. The molecule has 3 heterocycles. The number of aryl methyl sites for hydroxylation is 1. The average molecular weight is 726 g/mol. The van der Waals surface area contributed by atoms with E-state index in [4.69, 9.17) is 21.1 Å². The zero-order valence-electron chi connectivity index (χ0n) is 30.9. The number of nitrogens with zero attached hydrogens (tertiary/aromatic N) is 5. The molecular formula is C37H53ClN7O4P. The van der Waals surface area contributed by atoms with Crippen molar-refractivity contribution in [2.24, 2.45) is 0 Å². The minimum Gasteiger partial charge on any atom is -0.494 e. The van der Waals surface area contributed by atoms with Gasteiger partial charge in [0.25, 0.3) is 0 Å². The number of nitrogens with one attached hydrogen (secondary N) is 2. The third-order valence-electron chi connectivity index (χ3n) is 9.38. The molecule has 272 valence electrons. The highest BCUT2D eigenvalue weighted by Gasteiger charge is 2.38. The van der Waals surface area contributed by atoms with E-state index in [0.29, 0.717) is 34.3 Å². The van der Waals surface area contributed by atoms with Crippen LogP contribution >= 0.6 is 18.7 Å². The molecule has 5 rings (SSSR count). The molecule has 0 spiro atoms. The number of rotatable bonds is 9. The summed E-state index contributed by atoms with van der Waals surface area (Å²) in [6.45, 7) is 19.2. The van der Waals surface area contributed by atoms with Crippen LogP contribution in [-0.4, -0.2) is 96.2 Å². The van der Waals surface area contributed by atoms with Crippen LogP contribution < -0.4 is 25.6 Å². The van der Waals surface area contributed by atoms with E-state index in [0.717, 1.165) is 56.4 Å². The Balaban J connectivity index is 1.27. The molecule has 50 heavy (non-hydrogen) atoms. The van der Waals surface area contributed by atoms with E-state index < -0.39 is 12.7 Å². The molecule has 0 unspecified atom stereocenters. The maximum atomic E-state index is 12.9. The monoisotopic (exact) mass is 725 g/mol. The van der Waals surface area contributed by atoms with E-state index in [1.807, 2.05) is 49.9 Å². The van der Waals surface area contributed by atoms with Gasteiger partial charge < -0.3 is 34.5 Å². The number of piperazine rings is 1. The summed E-state index contributed by atoms with van der Waals surface area (Å²) in [7, 11) is -0.875. The fourth-order valence-corrected chi connectivity index (χ4v) is 8.37. The molecule has 2 atom stereocenters. The van der Waals surface area contributed by atoms with Crippen molar-refractivity contribution in [2.45, 2.75) is 84.5 Å². The number of carbonyl (C=O) groups is 1. The Hall–Kier alpha value is -3.53. The lowest BCUT2D eigenvalue weighted by Gasteiger charge is -2.48. The number of para-hydroxylation sites is 1. The number of anilines is 5. The number of methoxy groups -OCH3 is 1. The second kappa shape index (κ2) is 15.4. The van der Waals surface area contributed by atoms with Crippen LogP contribution in [0.2, 0.25) is 5.02 Å². The van der Waals surface area contributed by atoms with Crippen molar-refractivity contribution in [2.75, 3.05) is 62.2 Å².